The molecule has 0 amide bonds. The summed E-state index contributed by atoms with van der Waals surface area (Å²) in [5, 5.41) is 0.835. The largest absolute Gasteiger partial charge is 0.298 e. The molecule has 0 fully saturated rings. The maximum absolute atomic E-state index is 11.4. The van der Waals surface area contributed by atoms with E-state index in [1.54, 1.807) is 6.92 Å². The van der Waals surface area contributed by atoms with E-state index in [-0.39, 0.29) is 10.6 Å². The number of alkyl halides is 2. The zero-order valence-corrected chi connectivity index (χ0v) is 12.1. The summed E-state index contributed by atoms with van der Waals surface area (Å²) in [7, 11) is 0. The van der Waals surface area contributed by atoms with Crippen molar-refractivity contribution in [1.82, 2.24) is 0 Å². The Kier molecular flexibility index (Phi) is 5.00. The van der Waals surface area contributed by atoms with Crippen LogP contribution >= 0.6 is 31.9 Å². The maximum Gasteiger partial charge on any atom is 0.147 e. The van der Waals surface area contributed by atoms with Crippen LogP contribution in [0.1, 0.15) is 35.4 Å². The molecule has 1 unspecified atom stereocenters. The highest BCUT2D eigenvalue weighted by Crippen LogP contribution is 2.30. The minimum Gasteiger partial charge on any atom is -0.298 e. The fourth-order valence-corrected chi connectivity index (χ4v) is 2.62. The number of Topliss-reactive ketones (excluding diaryl/α,β-unsaturated/α-hetero) is 1. The van der Waals surface area contributed by atoms with Crippen molar-refractivity contribution in [3.63, 3.8) is 0 Å². The summed E-state index contributed by atoms with van der Waals surface area (Å²) in [6.45, 7) is 3.73. The number of carbonyl (C=O) groups excluding carboxylic acids is 1. The highest BCUT2D eigenvalue weighted by molar-refractivity contribution is 9.09. The summed E-state index contributed by atoms with van der Waals surface area (Å²) in [6.07, 6.45) is 0.951. The van der Waals surface area contributed by atoms with Crippen molar-refractivity contribution < 1.29 is 4.79 Å². The summed E-state index contributed by atoms with van der Waals surface area (Å²) in [5.41, 5.74) is 3.63. The molecule has 0 aliphatic rings. The average Bonchev–Trinajstić information content (AvgIpc) is 2.26. The Morgan fingerprint density at radius 2 is 2.13 bits per heavy atom. The van der Waals surface area contributed by atoms with Crippen molar-refractivity contribution in [2.75, 3.05) is 0 Å². The minimum atomic E-state index is -0.175. The number of ketones is 1. The fraction of sp³-hybridized carbons (Fsp3) is 0.417. The predicted molar refractivity (Wildman–Crippen MR) is 70.8 cm³/mol. The normalized spacial score (nSPS) is 12.5. The topological polar surface area (TPSA) is 17.1 Å². The molecule has 0 spiro atoms. The van der Waals surface area contributed by atoms with Crippen LogP contribution in [-0.2, 0) is 16.5 Å². The summed E-state index contributed by atoms with van der Waals surface area (Å²) < 4.78 is 0. The van der Waals surface area contributed by atoms with Crippen molar-refractivity contribution in [3.8, 4) is 0 Å². The van der Waals surface area contributed by atoms with Gasteiger partial charge < -0.3 is 0 Å². The standard InChI is InChI=1S/C12H14Br2O/c1-3-10-9(7-13)5-4-6-11(10)12(14)8(2)15/h4-6,12H,3,7H2,1-2H3. The number of hydrogen-bond acceptors (Lipinski definition) is 1. The smallest absolute Gasteiger partial charge is 0.147 e. The molecule has 1 atom stereocenters. The Balaban J connectivity index is 3.22. The van der Waals surface area contributed by atoms with E-state index in [1.807, 2.05) is 12.1 Å². The van der Waals surface area contributed by atoms with Gasteiger partial charge in [0.05, 0.1) is 4.83 Å². The zero-order chi connectivity index (χ0) is 11.4. The van der Waals surface area contributed by atoms with E-state index in [9.17, 15) is 4.79 Å². The number of carbonyl (C=O) groups is 1. The lowest BCUT2D eigenvalue weighted by Crippen LogP contribution is -2.06. The van der Waals surface area contributed by atoms with Crippen molar-refractivity contribution in [2.45, 2.75) is 30.4 Å². The molecule has 0 radical (unpaired) electrons. The summed E-state index contributed by atoms with van der Waals surface area (Å²) >= 11 is 6.91. The van der Waals surface area contributed by atoms with Gasteiger partial charge in [-0.3, -0.25) is 4.79 Å². The molecule has 0 bridgehead atoms. The van der Waals surface area contributed by atoms with Crippen LogP contribution in [0, 0.1) is 0 Å². The molecule has 0 saturated heterocycles. The molecule has 3 heteroatoms. The molecule has 0 aromatic heterocycles. The van der Waals surface area contributed by atoms with Crippen molar-refractivity contribution in [1.29, 1.82) is 0 Å². The summed E-state index contributed by atoms with van der Waals surface area (Å²) in [4.78, 5) is 11.2. The highest BCUT2D eigenvalue weighted by atomic mass is 79.9. The van der Waals surface area contributed by atoms with Gasteiger partial charge in [0.1, 0.15) is 5.78 Å². The highest BCUT2D eigenvalue weighted by Gasteiger charge is 2.17. The van der Waals surface area contributed by atoms with Gasteiger partial charge in [-0.05, 0) is 30.0 Å². The van der Waals surface area contributed by atoms with Crippen molar-refractivity contribution in [2.24, 2.45) is 0 Å². The van der Waals surface area contributed by atoms with Crippen LogP contribution in [0.15, 0.2) is 18.2 Å². The monoisotopic (exact) mass is 332 g/mol. The second-order valence-electron chi connectivity index (χ2n) is 3.45. The van der Waals surface area contributed by atoms with Gasteiger partial charge in [0, 0.05) is 5.33 Å². The van der Waals surface area contributed by atoms with E-state index in [2.05, 4.69) is 44.8 Å². The lowest BCUT2D eigenvalue weighted by molar-refractivity contribution is -0.116. The van der Waals surface area contributed by atoms with Crippen LogP contribution in [0.4, 0.5) is 0 Å². The third kappa shape index (κ3) is 2.91. The minimum absolute atomic E-state index is 0.149. The lowest BCUT2D eigenvalue weighted by Gasteiger charge is -2.14. The first-order chi connectivity index (χ1) is 7.11. The van der Waals surface area contributed by atoms with Crippen molar-refractivity contribution in [3.05, 3.63) is 34.9 Å². The van der Waals surface area contributed by atoms with Crippen LogP contribution in [0.25, 0.3) is 0 Å². The molecular formula is C12H14Br2O. The second-order valence-corrected chi connectivity index (χ2v) is 4.92. The van der Waals surface area contributed by atoms with Gasteiger partial charge in [-0.2, -0.15) is 0 Å². The van der Waals surface area contributed by atoms with E-state index in [0.29, 0.717) is 0 Å². The molecule has 1 aromatic rings. The van der Waals surface area contributed by atoms with E-state index < -0.39 is 0 Å². The third-order valence-electron chi connectivity index (χ3n) is 2.44. The molecule has 0 heterocycles. The first-order valence-electron chi connectivity index (χ1n) is 4.93. The number of halogens is 2. The second kappa shape index (κ2) is 5.80. The van der Waals surface area contributed by atoms with Gasteiger partial charge in [-0.15, -0.1) is 0 Å². The van der Waals surface area contributed by atoms with Gasteiger partial charge in [0.25, 0.3) is 0 Å². The maximum atomic E-state index is 11.4. The van der Waals surface area contributed by atoms with E-state index >= 15 is 0 Å². The quantitative estimate of drug-likeness (QED) is 0.756. The predicted octanol–water partition coefficient (Wildman–Crippen LogP) is 4.17. The van der Waals surface area contributed by atoms with E-state index in [4.69, 9.17) is 0 Å². The molecule has 0 aliphatic heterocycles. The molecule has 82 valence electrons. The van der Waals surface area contributed by atoms with Crippen LogP contribution in [0.5, 0.6) is 0 Å². The molecule has 0 N–H and O–H groups in total. The molecule has 1 aromatic carbocycles. The lowest BCUT2D eigenvalue weighted by atomic mass is 9.96. The molecule has 15 heavy (non-hydrogen) atoms. The number of benzene rings is 1. The van der Waals surface area contributed by atoms with Crippen LogP contribution in [-0.4, -0.2) is 5.78 Å². The Bertz CT molecular complexity index is 361. The van der Waals surface area contributed by atoms with E-state index in [1.165, 1.54) is 11.1 Å². The van der Waals surface area contributed by atoms with Gasteiger partial charge in [-0.1, -0.05) is 57.0 Å². The van der Waals surface area contributed by atoms with Crippen LogP contribution in [0.3, 0.4) is 0 Å². The average molecular weight is 334 g/mol. The van der Waals surface area contributed by atoms with Crippen LogP contribution < -0.4 is 0 Å². The van der Waals surface area contributed by atoms with Crippen molar-refractivity contribution >= 4 is 37.6 Å². The molecule has 1 rings (SSSR count). The SMILES string of the molecule is CCc1c(CBr)cccc1C(Br)C(C)=O. The Hall–Kier alpha value is -0.150. The van der Waals surface area contributed by atoms with E-state index in [0.717, 1.165) is 17.3 Å². The van der Waals surface area contributed by atoms with Gasteiger partial charge in [0.15, 0.2) is 0 Å². The number of rotatable bonds is 4. The molecule has 0 aliphatic carbocycles. The Labute approximate surface area is 108 Å². The van der Waals surface area contributed by atoms with Gasteiger partial charge in [0.2, 0.25) is 0 Å². The van der Waals surface area contributed by atoms with Gasteiger partial charge >= 0.3 is 0 Å². The molecule has 1 nitrogen and oxygen atoms in total. The Morgan fingerprint density at radius 3 is 2.60 bits per heavy atom. The fourth-order valence-electron chi connectivity index (χ4n) is 1.67. The Morgan fingerprint density at radius 1 is 1.47 bits per heavy atom. The number of hydrogen-bond donors (Lipinski definition) is 0. The summed E-state index contributed by atoms with van der Waals surface area (Å²) in [5.74, 6) is 0.149. The molecular weight excluding hydrogens is 320 g/mol. The van der Waals surface area contributed by atoms with Crippen LogP contribution in [0.2, 0.25) is 0 Å². The third-order valence-corrected chi connectivity index (χ3v) is 4.18. The first kappa shape index (κ1) is 12.9. The van der Waals surface area contributed by atoms with Gasteiger partial charge in [-0.25, -0.2) is 0 Å². The summed E-state index contributed by atoms with van der Waals surface area (Å²) in [6, 6.07) is 6.12. The molecule has 0 saturated carbocycles. The first-order valence-corrected chi connectivity index (χ1v) is 6.96. The zero-order valence-electron chi connectivity index (χ0n) is 8.89.